The second-order valence-corrected chi connectivity index (χ2v) is 8.39. The fourth-order valence-corrected chi connectivity index (χ4v) is 4.76. The quantitative estimate of drug-likeness (QED) is 0.916. The van der Waals surface area contributed by atoms with Crippen LogP contribution in [0.15, 0.2) is 12.1 Å². The lowest BCUT2D eigenvalue weighted by Crippen LogP contribution is -2.48. The fourth-order valence-electron chi connectivity index (χ4n) is 4.76. The molecule has 2 bridgehead atoms. The van der Waals surface area contributed by atoms with Crippen molar-refractivity contribution in [1.29, 1.82) is 0 Å². The average Bonchev–Trinajstić information content (AvgIpc) is 2.95. The first-order valence-electron chi connectivity index (χ1n) is 9.29. The normalized spacial score (nSPS) is 29.8. The van der Waals surface area contributed by atoms with Gasteiger partial charge in [-0.1, -0.05) is 0 Å². The molecule has 4 rings (SSSR count). The Labute approximate surface area is 149 Å². The third-order valence-electron chi connectivity index (χ3n) is 6.05. The van der Waals surface area contributed by atoms with Crippen LogP contribution in [0, 0.1) is 0 Å². The van der Waals surface area contributed by atoms with Crippen molar-refractivity contribution < 1.29 is 14.3 Å². The zero-order chi connectivity index (χ0) is 17.8. The van der Waals surface area contributed by atoms with Crippen LogP contribution >= 0.6 is 0 Å². The molecule has 0 aromatic heterocycles. The van der Waals surface area contributed by atoms with E-state index in [1.807, 2.05) is 6.07 Å². The first-order valence-corrected chi connectivity index (χ1v) is 9.29. The highest BCUT2D eigenvalue weighted by Crippen LogP contribution is 2.40. The van der Waals surface area contributed by atoms with Crippen molar-refractivity contribution in [2.45, 2.75) is 69.7 Å². The van der Waals surface area contributed by atoms with Crippen molar-refractivity contribution in [1.82, 2.24) is 10.2 Å². The highest BCUT2D eigenvalue weighted by molar-refractivity contribution is 5.98. The predicted molar refractivity (Wildman–Crippen MR) is 96.5 cm³/mol. The van der Waals surface area contributed by atoms with E-state index in [2.05, 4.69) is 31.1 Å². The SMILES string of the molecule is COc1cc2c(c(C(=O)NC3CC4CCC(C3)N4C)c1)OC(C)(C)C2. The van der Waals surface area contributed by atoms with Crippen LogP contribution in [0.2, 0.25) is 0 Å². The predicted octanol–water partition coefficient (Wildman–Crippen LogP) is 2.76. The number of amides is 1. The van der Waals surface area contributed by atoms with E-state index in [9.17, 15) is 4.79 Å². The summed E-state index contributed by atoms with van der Waals surface area (Å²) in [6.45, 7) is 4.10. The maximum atomic E-state index is 13.0. The van der Waals surface area contributed by atoms with Crippen molar-refractivity contribution in [3.05, 3.63) is 23.3 Å². The third-order valence-corrected chi connectivity index (χ3v) is 6.05. The van der Waals surface area contributed by atoms with Gasteiger partial charge in [-0.3, -0.25) is 4.79 Å². The maximum absolute atomic E-state index is 13.0. The topological polar surface area (TPSA) is 50.8 Å². The molecule has 0 saturated carbocycles. The summed E-state index contributed by atoms with van der Waals surface area (Å²) < 4.78 is 11.5. The molecule has 2 atom stereocenters. The Hall–Kier alpha value is -1.75. The summed E-state index contributed by atoms with van der Waals surface area (Å²) in [7, 11) is 3.85. The monoisotopic (exact) mass is 344 g/mol. The average molecular weight is 344 g/mol. The van der Waals surface area contributed by atoms with Gasteiger partial charge in [0.15, 0.2) is 0 Å². The first-order chi connectivity index (χ1) is 11.9. The van der Waals surface area contributed by atoms with Crippen LogP contribution in [0.25, 0.3) is 0 Å². The molecule has 25 heavy (non-hydrogen) atoms. The number of benzene rings is 1. The summed E-state index contributed by atoms with van der Waals surface area (Å²) in [5.74, 6) is 1.40. The minimum atomic E-state index is -0.281. The van der Waals surface area contributed by atoms with Gasteiger partial charge in [-0.2, -0.15) is 0 Å². The van der Waals surface area contributed by atoms with Crippen molar-refractivity contribution >= 4 is 5.91 Å². The molecule has 136 valence electrons. The number of hydrogen-bond donors (Lipinski definition) is 1. The van der Waals surface area contributed by atoms with Crippen molar-refractivity contribution in [3.8, 4) is 11.5 Å². The van der Waals surface area contributed by atoms with Crippen molar-refractivity contribution in [2.75, 3.05) is 14.2 Å². The van der Waals surface area contributed by atoms with Crippen LogP contribution in [-0.4, -0.2) is 48.7 Å². The van der Waals surface area contributed by atoms with Crippen LogP contribution in [0.3, 0.4) is 0 Å². The molecule has 0 spiro atoms. The number of methoxy groups -OCH3 is 1. The highest BCUT2D eigenvalue weighted by Gasteiger charge is 2.40. The van der Waals surface area contributed by atoms with Gasteiger partial charge in [0.1, 0.15) is 17.1 Å². The second kappa shape index (κ2) is 5.90. The van der Waals surface area contributed by atoms with E-state index in [0.29, 0.717) is 23.4 Å². The Balaban J connectivity index is 1.56. The van der Waals surface area contributed by atoms with E-state index in [4.69, 9.17) is 9.47 Å². The Bertz CT molecular complexity index is 686. The molecule has 5 heteroatoms. The molecule has 3 aliphatic rings. The van der Waals surface area contributed by atoms with Gasteiger partial charge >= 0.3 is 0 Å². The maximum Gasteiger partial charge on any atom is 0.255 e. The van der Waals surface area contributed by atoms with E-state index >= 15 is 0 Å². The summed E-state index contributed by atoms with van der Waals surface area (Å²) in [6, 6.07) is 5.25. The van der Waals surface area contributed by atoms with Gasteiger partial charge in [0.25, 0.3) is 5.91 Å². The highest BCUT2D eigenvalue weighted by atomic mass is 16.5. The zero-order valence-electron chi connectivity index (χ0n) is 15.6. The zero-order valence-corrected chi connectivity index (χ0v) is 15.6. The molecular weight excluding hydrogens is 316 g/mol. The summed E-state index contributed by atoms with van der Waals surface area (Å²) in [5.41, 5.74) is 1.38. The van der Waals surface area contributed by atoms with E-state index in [1.54, 1.807) is 13.2 Å². The second-order valence-electron chi connectivity index (χ2n) is 8.39. The van der Waals surface area contributed by atoms with Crippen LogP contribution in [0.5, 0.6) is 11.5 Å². The van der Waals surface area contributed by atoms with Crippen LogP contribution < -0.4 is 14.8 Å². The van der Waals surface area contributed by atoms with Gasteiger partial charge < -0.3 is 19.7 Å². The molecule has 3 heterocycles. The van der Waals surface area contributed by atoms with Gasteiger partial charge in [0.2, 0.25) is 0 Å². The molecular formula is C20H28N2O3. The number of nitrogens with one attached hydrogen (secondary N) is 1. The molecule has 0 radical (unpaired) electrons. The number of carbonyl (C=O) groups is 1. The molecule has 0 aliphatic carbocycles. The Morgan fingerprint density at radius 3 is 2.60 bits per heavy atom. The van der Waals surface area contributed by atoms with Crippen molar-refractivity contribution in [2.24, 2.45) is 0 Å². The molecule has 2 unspecified atom stereocenters. The Kier molecular flexibility index (Phi) is 3.95. The number of nitrogens with zero attached hydrogens (tertiary/aromatic N) is 1. The number of piperidine rings is 1. The van der Waals surface area contributed by atoms with Crippen LogP contribution in [0.1, 0.15) is 55.5 Å². The molecule has 1 aromatic carbocycles. The van der Waals surface area contributed by atoms with Gasteiger partial charge in [0.05, 0.1) is 12.7 Å². The number of ether oxygens (including phenoxy) is 2. The molecule has 2 fully saturated rings. The summed E-state index contributed by atoms with van der Waals surface area (Å²) in [5, 5.41) is 3.26. The number of carbonyl (C=O) groups excluding carboxylic acids is 1. The lowest BCUT2D eigenvalue weighted by molar-refractivity contribution is 0.0870. The standard InChI is InChI=1S/C20H28N2O3/c1-20(2)11-12-7-16(24-4)10-17(18(12)25-20)19(23)21-13-8-14-5-6-15(9-13)22(14)3/h7,10,13-15H,5-6,8-9,11H2,1-4H3,(H,21,23). The smallest absolute Gasteiger partial charge is 0.255 e. The fraction of sp³-hybridized carbons (Fsp3) is 0.650. The number of rotatable bonds is 3. The third kappa shape index (κ3) is 2.99. The van der Waals surface area contributed by atoms with E-state index < -0.39 is 0 Å². The van der Waals surface area contributed by atoms with E-state index in [0.717, 1.165) is 30.6 Å². The van der Waals surface area contributed by atoms with Gasteiger partial charge in [0, 0.05) is 30.1 Å². The minimum absolute atomic E-state index is 0.0400. The molecule has 3 aliphatic heterocycles. The summed E-state index contributed by atoms with van der Waals surface area (Å²) in [6.07, 6.45) is 5.37. The summed E-state index contributed by atoms with van der Waals surface area (Å²) >= 11 is 0. The summed E-state index contributed by atoms with van der Waals surface area (Å²) in [4.78, 5) is 15.5. The number of fused-ring (bicyclic) bond motifs is 3. The first kappa shape index (κ1) is 16.7. The Morgan fingerprint density at radius 2 is 1.96 bits per heavy atom. The molecule has 1 amide bonds. The van der Waals surface area contributed by atoms with E-state index in [1.165, 1.54) is 12.8 Å². The Morgan fingerprint density at radius 1 is 1.28 bits per heavy atom. The molecule has 5 nitrogen and oxygen atoms in total. The lowest BCUT2D eigenvalue weighted by atomic mass is 9.97. The van der Waals surface area contributed by atoms with Crippen LogP contribution in [-0.2, 0) is 6.42 Å². The van der Waals surface area contributed by atoms with E-state index in [-0.39, 0.29) is 17.6 Å². The lowest BCUT2D eigenvalue weighted by Gasteiger charge is -2.36. The molecule has 1 aromatic rings. The van der Waals surface area contributed by atoms with Gasteiger partial charge in [-0.05, 0) is 58.7 Å². The van der Waals surface area contributed by atoms with Gasteiger partial charge in [-0.25, -0.2) is 0 Å². The largest absolute Gasteiger partial charge is 0.497 e. The van der Waals surface area contributed by atoms with Crippen molar-refractivity contribution in [3.63, 3.8) is 0 Å². The van der Waals surface area contributed by atoms with Crippen LogP contribution in [0.4, 0.5) is 0 Å². The molecule has 1 N–H and O–H groups in total. The minimum Gasteiger partial charge on any atom is -0.497 e. The number of hydrogen-bond acceptors (Lipinski definition) is 4. The molecule has 2 saturated heterocycles. The van der Waals surface area contributed by atoms with Gasteiger partial charge in [-0.15, -0.1) is 0 Å².